The number of rotatable bonds is 15. The lowest BCUT2D eigenvalue weighted by Gasteiger charge is -2.29. The number of carbonyl (C=O) groups is 4. The number of hydrogen-bond donors (Lipinski definition) is 0. The van der Waals surface area contributed by atoms with E-state index in [1.165, 1.54) is 0 Å². The third-order valence-electron chi connectivity index (χ3n) is 3.82. The molecule has 0 fully saturated rings. The van der Waals surface area contributed by atoms with Crippen molar-refractivity contribution in [2.75, 3.05) is 39.3 Å². The van der Waals surface area contributed by atoms with Crippen molar-refractivity contribution in [1.29, 1.82) is 0 Å². The predicted octanol–water partition coefficient (Wildman–Crippen LogP) is 3.10. The van der Waals surface area contributed by atoms with Crippen molar-refractivity contribution in [3.63, 3.8) is 0 Å². The Bertz CT molecular complexity index is 644. The van der Waals surface area contributed by atoms with Gasteiger partial charge >= 0.3 is 23.9 Å². The zero-order valence-electron chi connectivity index (χ0n) is 24.4. The van der Waals surface area contributed by atoms with Crippen LogP contribution in [0.15, 0.2) is 0 Å². The molecule has 0 N–H and O–H groups in total. The third-order valence-corrected chi connectivity index (χ3v) is 7.18. The van der Waals surface area contributed by atoms with Gasteiger partial charge in [0, 0.05) is 13.1 Å². The summed E-state index contributed by atoms with van der Waals surface area (Å²) in [5, 5.41) is 0. The van der Waals surface area contributed by atoms with Gasteiger partial charge in [0.25, 0.3) is 0 Å². The van der Waals surface area contributed by atoms with Crippen molar-refractivity contribution in [3.05, 3.63) is 0 Å². The molecular weight excluding hydrogens is 533 g/mol. The first kappa shape index (κ1) is 34.7. The van der Waals surface area contributed by atoms with Gasteiger partial charge in [-0.3, -0.25) is 29.0 Å². The highest BCUT2D eigenvalue weighted by atomic mass is 28.4. The van der Waals surface area contributed by atoms with Crippen LogP contribution in [0.4, 0.5) is 0 Å². The van der Waals surface area contributed by atoms with Crippen LogP contribution in [-0.2, 0) is 36.9 Å². The second-order valence-electron chi connectivity index (χ2n) is 12.8. The summed E-state index contributed by atoms with van der Waals surface area (Å²) < 4.78 is 22.2. The average molecular weight is 581 g/mol. The van der Waals surface area contributed by atoms with E-state index < -0.39 is 57.1 Å². The van der Waals surface area contributed by atoms with Crippen LogP contribution in [0, 0.1) is 0 Å². The minimum absolute atomic E-state index is 0.0996. The predicted molar refractivity (Wildman–Crippen MR) is 151 cm³/mol. The molecule has 210 valence electrons. The maximum absolute atomic E-state index is 12.5. The Morgan fingerprint density at radius 2 is 0.583 bits per heavy atom. The second-order valence-corrected chi connectivity index (χ2v) is 30.5. The SMILES string of the molecule is C[Si](C)(C)OC(=O)CN(CCN(CC(=O)O[Si](C)(C)C)CC(=O)O[Si](C)(C)C)CC(=O)O[Si](C)(C)C. The molecule has 0 radical (unpaired) electrons. The second kappa shape index (κ2) is 14.0. The van der Waals surface area contributed by atoms with Crippen LogP contribution in [0.5, 0.6) is 0 Å². The summed E-state index contributed by atoms with van der Waals surface area (Å²) in [6.07, 6.45) is 0. The van der Waals surface area contributed by atoms with E-state index in [9.17, 15) is 19.2 Å². The standard InChI is InChI=1S/C22H48N2O8Si4/c1-33(2,3)29-19(25)15-23(16-20(26)30-34(4,5)6)13-14-24(17-21(27)31-35(7,8)9)18-22(28)32-36(10,11)12/h13-18H2,1-12H3. The molecular formula is C22H48N2O8Si4. The molecule has 0 saturated carbocycles. The van der Waals surface area contributed by atoms with Gasteiger partial charge in [-0.05, 0) is 78.6 Å². The van der Waals surface area contributed by atoms with Crippen LogP contribution in [0.25, 0.3) is 0 Å². The molecule has 0 bridgehead atoms. The first-order valence-corrected chi connectivity index (χ1v) is 25.9. The lowest BCUT2D eigenvalue weighted by molar-refractivity contribution is -0.143. The average Bonchev–Trinajstić information content (AvgIpc) is 2.52. The Labute approximate surface area is 221 Å². The van der Waals surface area contributed by atoms with Crippen LogP contribution < -0.4 is 0 Å². The van der Waals surface area contributed by atoms with E-state index in [0.717, 1.165) is 0 Å². The topological polar surface area (TPSA) is 112 Å². The van der Waals surface area contributed by atoms with Gasteiger partial charge in [-0.2, -0.15) is 0 Å². The lowest BCUT2D eigenvalue weighted by Crippen LogP contribution is -2.47. The fourth-order valence-electron chi connectivity index (χ4n) is 2.94. The Kier molecular flexibility index (Phi) is 13.5. The molecule has 0 saturated heterocycles. The number of hydrogen-bond acceptors (Lipinski definition) is 10. The van der Waals surface area contributed by atoms with Gasteiger partial charge in [-0.25, -0.2) is 0 Å². The smallest absolute Gasteiger partial charge is 0.306 e. The summed E-state index contributed by atoms with van der Waals surface area (Å²) in [5.74, 6) is -1.67. The molecule has 0 aromatic heterocycles. The molecule has 0 atom stereocenters. The van der Waals surface area contributed by atoms with Gasteiger partial charge in [-0.1, -0.05) is 0 Å². The van der Waals surface area contributed by atoms with Crippen molar-refractivity contribution in [1.82, 2.24) is 9.80 Å². The van der Waals surface area contributed by atoms with Gasteiger partial charge in [0.1, 0.15) is 0 Å². The fourth-order valence-corrected chi connectivity index (χ4v) is 5.93. The molecule has 0 aliphatic heterocycles. The van der Waals surface area contributed by atoms with Crippen LogP contribution in [-0.4, -0.2) is 106 Å². The molecule has 0 rings (SSSR count). The van der Waals surface area contributed by atoms with Gasteiger partial charge < -0.3 is 17.7 Å². The van der Waals surface area contributed by atoms with E-state index in [1.54, 1.807) is 9.80 Å². The molecule has 0 heterocycles. The highest BCUT2D eigenvalue weighted by molar-refractivity contribution is 6.72. The van der Waals surface area contributed by atoms with Gasteiger partial charge in [-0.15, -0.1) is 0 Å². The Balaban J connectivity index is 5.55. The number of nitrogens with zero attached hydrogens (tertiary/aromatic N) is 2. The minimum Gasteiger partial charge on any atom is -0.519 e. The molecule has 0 aliphatic rings. The highest BCUT2D eigenvalue weighted by Gasteiger charge is 2.28. The van der Waals surface area contributed by atoms with E-state index in [0.29, 0.717) is 0 Å². The van der Waals surface area contributed by atoms with Gasteiger partial charge in [0.2, 0.25) is 33.3 Å². The van der Waals surface area contributed by atoms with E-state index in [2.05, 4.69) is 0 Å². The van der Waals surface area contributed by atoms with Crippen LogP contribution in [0.3, 0.4) is 0 Å². The molecule has 0 aromatic rings. The summed E-state index contributed by atoms with van der Waals surface area (Å²) in [7, 11) is -8.44. The van der Waals surface area contributed by atoms with Crippen molar-refractivity contribution in [3.8, 4) is 0 Å². The van der Waals surface area contributed by atoms with E-state index in [4.69, 9.17) is 17.7 Å². The fraction of sp³-hybridized carbons (Fsp3) is 0.818. The van der Waals surface area contributed by atoms with Crippen molar-refractivity contribution >= 4 is 57.1 Å². The summed E-state index contributed by atoms with van der Waals surface area (Å²) in [6.45, 7) is 23.0. The Hall–Kier alpha value is -1.33. The normalized spacial score (nSPS) is 12.9. The quantitative estimate of drug-likeness (QED) is 0.268. The van der Waals surface area contributed by atoms with Crippen LogP contribution in [0.1, 0.15) is 0 Å². The summed E-state index contributed by atoms with van der Waals surface area (Å²) in [6, 6.07) is 0. The molecule has 0 spiro atoms. The van der Waals surface area contributed by atoms with Crippen molar-refractivity contribution < 1.29 is 36.9 Å². The monoisotopic (exact) mass is 580 g/mol. The van der Waals surface area contributed by atoms with Crippen LogP contribution >= 0.6 is 0 Å². The maximum Gasteiger partial charge on any atom is 0.306 e. The summed E-state index contributed by atoms with van der Waals surface area (Å²) >= 11 is 0. The molecule has 0 unspecified atom stereocenters. The maximum atomic E-state index is 12.5. The van der Waals surface area contributed by atoms with Crippen LogP contribution in [0.2, 0.25) is 78.6 Å². The van der Waals surface area contributed by atoms with Gasteiger partial charge in [0.15, 0.2) is 0 Å². The molecule has 0 aromatic carbocycles. The van der Waals surface area contributed by atoms with Crippen molar-refractivity contribution in [2.45, 2.75) is 78.6 Å². The van der Waals surface area contributed by atoms with E-state index in [-0.39, 0.29) is 39.3 Å². The van der Waals surface area contributed by atoms with Crippen molar-refractivity contribution in [2.24, 2.45) is 0 Å². The Morgan fingerprint density at radius 3 is 0.722 bits per heavy atom. The largest absolute Gasteiger partial charge is 0.519 e. The van der Waals surface area contributed by atoms with Gasteiger partial charge in [0.05, 0.1) is 26.2 Å². The summed E-state index contributed by atoms with van der Waals surface area (Å²) in [5.41, 5.74) is 0. The first-order chi connectivity index (χ1) is 15.9. The minimum atomic E-state index is -2.11. The van der Waals surface area contributed by atoms with E-state index >= 15 is 0 Å². The molecule has 14 heteroatoms. The number of carbonyl (C=O) groups excluding carboxylic acids is 4. The zero-order chi connectivity index (χ0) is 28.5. The summed E-state index contributed by atoms with van der Waals surface area (Å²) in [4.78, 5) is 53.4. The molecule has 0 aliphatic carbocycles. The first-order valence-electron chi connectivity index (χ1n) is 12.3. The van der Waals surface area contributed by atoms with E-state index in [1.807, 2.05) is 78.6 Å². The zero-order valence-corrected chi connectivity index (χ0v) is 28.4. The highest BCUT2D eigenvalue weighted by Crippen LogP contribution is 2.09. The third kappa shape index (κ3) is 20.8. The molecule has 10 nitrogen and oxygen atoms in total. The molecule has 36 heavy (non-hydrogen) atoms. The lowest BCUT2D eigenvalue weighted by atomic mass is 10.4. The molecule has 0 amide bonds. The Morgan fingerprint density at radius 1 is 0.417 bits per heavy atom.